The third-order valence-corrected chi connectivity index (χ3v) is 6.84. The van der Waals surface area contributed by atoms with Gasteiger partial charge < -0.3 is 13.9 Å². The average Bonchev–Trinajstić information content (AvgIpc) is 3.46. The maximum absolute atomic E-state index is 13.7. The Bertz CT molecular complexity index is 1990. The first-order chi connectivity index (χ1) is 21.0. The molecule has 0 aliphatic heterocycles. The third-order valence-electron chi connectivity index (χ3n) is 6.84. The molecule has 43 heavy (non-hydrogen) atoms. The number of halogens is 1. The molecule has 0 saturated heterocycles. The summed E-state index contributed by atoms with van der Waals surface area (Å²) in [4.78, 5) is 18.4. The van der Waals surface area contributed by atoms with Gasteiger partial charge >= 0.3 is 0 Å². The summed E-state index contributed by atoms with van der Waals surface area (Å²) < 4.78 is 32.8. The van der Waals surface area contributed by atoms with E-state index in [0.29, 0.717) is 52.3 Å². The van der Waals surface area contributed by atoms with Crippen LogP contribution in [0.15, 0.2) is 118 Å². The van der Waals surface area contributed by atoms with Gasteiger partial charge in [-0.25, -0.2) is 9.37 Å². The van der Waals surface area contributed by atoms with Crippen molar-refractivity contribution in [3.05, 3.63) is 137 Å². The zero-order valence-corrected chi connectivity index (χ0v) is 23.5. The molecular formula is C35H28FN3O4. The van der Waals surface area contributed by atoms with Gasteiger partial charge in [0.2, 0.25) is 5.82 Å². The van der Waals surface area contributed by atoms with Crippen LogP contribution < -0.4 is 15.0 Å². The lowest BCUT2D eigenvalue weighted by Crippen LogP contribution is -2.20. The number of aromatic nitrogens is 2. The fraction of sp³-hybridized carbons (Fsp3) is 0.114. The molecule has 6 aromatic rings. The van der Waals surface area contributed by atoms with E-state index >= 15 is 0 Å². The molecule has 0 N–H and O–H groups in total. The minimum atomic E-state index is -0.326. The van der Waals surface area contributed by atoms with Crippen molar-refractivity contribution in [3.63, 3.8) is 0 Å². The van der Waals surface area contributed by atoms with Crippen molar-refractivity contribution in [2.75, 3.05) is 6.61 Å². The van der Waals surface area contributed by atoms with Crippen molar-refractivity contribution in [2.24, 2.45) is 5.10 Å². The second-order valence-corrected chi connectivity index (χ2v) is 9.81. The van der Waals surface area contributed by atoms with E-state index in [4.69, 9.17) is 18.9 Å². The van der Waals surface area contributed by atoms with E-state index in [-0.39, 0.29) is 23.8 Å². The number of furan rings is 1. The number of allylic oxidation sites excluding steroid dienone is 1. The molecule has 0 spiro atoms. The van der Waals surface area contributed by atoms with Crippen molar-refractivity contribution < 1.29 is 18.3 Å². The Kier molecular flexibility index (Phi) is 7.82. The van der Waals surface area contributed by atoms with Gasteiger partial charge in [-0.05, 0) is 73.0 Å². The molecule has 0 atom stereocenters. The standard InChI is InChI=1S/C35H28FN3O4/c1-3-9-26-18-24(19-31(41-4-2)33(26)42-22-23-14-16-27(36)17-15-23)21-37-39-34(32-20-25-10-5-8-13-30(25)43-32)38-29-12-7-6-11-28(29)35(39)40/h3,5-8,10-21H,1,4,9,22H2,2H3. The molecule has 2 aromatic heterocycles. The van der Waals surface area contributed by atoms with Crippen LogP contribution in [0.1, 0.15) is 23.6 Å². The molecule has 0 aliphatic carbocycles. The first kappa shape index (κ1) is 27.7. The van der Waals surface area contributed by atoms with E-state index in [1.54, 1.807) is 48.7 Å². The van der Waals surface area contributed by atoms with Gasteiger partial charge in [-0.1, -0.05) is 48.5 Å². The zero-order valence-electron chi connectivity index (χ0n) is 23.5. The fourth-order valence-electron chi connectivity index (χ4n) is 4.83. The van der Waals surface area contributed by atoms with Crippen LogP contribution in [0.4, 0.5) is 4.39 Å². The van der Waals surface area contributed by atoms with Crippen LogP contribution in [-0.2, 0) is 13.0 Å². The quantitative estimate of drug-likeness (QED) is 0.125. The number of fused-ring (bicyclic) bond motifs is 2. The number of hydrogen-bond donors (Lipinski definition) is 0. The molecule has 7 nitrogen and oxygen atoms in total. The van der Waals surface area contributed by atoms with Crippen molar-refractivity contribution in [1.29, 1.82) is 0 Å². The molecule has 0 unspecified atom stereocenters. The Labute approximate surface area is 247 Å². The summed E-state index contributed by atoms with van der Waals surface area (Å²) in [6, 6.07) is 26.5. The number of para-hydroxylation sites is 2. The Balaban J connectivity index is 1.43. The molecule has 8 heteroatoms. The van der Waals surface area contributed by atoms with Gasteiger partial charge in [-0.2, -0.15) is 9.78 Å². The average molecular weight is 574 g/mol. The van der Waals surface area contributed by atoms with Crippen LogP contribution in [0.2, 0.25) is 0 Å². The zero-order chi connectivity index (χ0) is 29.8. The molecule has 6 rings (SSSR count). The lowest BCUT2D eigenvalue weighted by Gasteiger charge is -2.17. The van der Waals surface area contributed by atoms with Crippen molar-refractivity contribution >= 4 is 28.1 Å². The number of hydrogen-bond acceptors (Lipinski definition) is 6. The first-order valence-corrected chi connectivity index (χ1v) is 13.9. The van der Waals surface area contributed by atoms with E-state index in [9.17, 15) is 9.18 Å². The summed E-state index contributed by atoms with van der Waals surface area (Å²) >= 11 is 0. The Hall–Kier alpha value is -5.50. The van der Waals surface area contributed by atoms with Crippen LogP contribution >= 0.6 is 0 Å². The van der Waals surface area contributed by atoms with E-state index < -0.39 is 0 Å². The second-order valence-electron chi connectivity index (χ2n) is 9.81. The summed E-state index contributed by atoms with van der Waals surface area (Å²) in [6.07, 6.45) is 3.86. The van der Waals surface area contributed by atoms with Gasteiger partial charge in [0.05, 0.1) is 23.7 Å². The number of benzene rings is 4. The van der Waals surface area contributed by atoms with Crippen molar-refractivity contribution in [2.45, 2.75) is 20.0 Å². The van der Waals surface area contributed by atoms with Crippen LogP contribution in [0.5, 0.6) is 11.5 Å². The van der Waals surface area contributed by atoms with Crippen LogP contribution in [0.3, 0.4) is 0 Å². The summed E-state index contributed by atoms with van der Waals surface area (Å²) in [5.41, 5.74) is 3.23. The predicted octanol–water partition coefficient (Wildman–Crippen LogP) is 7.54. The lowest BCUT2D eigenvalue weighted by molar-refractivity contribution is 0.267. The van der Waals surface area contributed by atoms with Crippen LogP contribution in [0, 0.1) is 5.82 Å². The summed E-state index contributed by atoms with van der Waals surface area (Å²) in [5.74, 6) is 1.49. The van der Waals surface area contributed by atoms with Crippen molar-refractivity contribution in [1.82, 2.24) is 9.66 Å². The highest BCUT2D eigenvalue weighted by atomic mass is 19.1. The van der Waals surface area contributed by atoms with Gasteiger partial charge in [0.15, 0.2) is 17.3 Å². The minimum absolute atomic E-state index is 0.233. The monoisotopic (exact) mass is 573 g/mol. The predicted molar refractivity (Wildman–Crippen MR) is 166 cm³/mol. The fourth-order valence-corrected chi connectivity index (χ4v) is 4.83. The van der Waals surface area contributed by atoms with Gasteiger partial charge in [-0.15, -0.1) is 6.58 Å². The summed E-state index contributed by atoms with van der Waals surface area (Å²) in [5, 5.41) is 5.93. The van der Waals surface area contributed by atoms with E-state index in [0.717, 1.165) is 16.5 Å². The first-order valence-electron chi connectivity index (χ1n) is 13.9. The Morgan fingerprint density at radius 3 is 2.58 bits per heavy atom. The van der Waals surface area contributed by atoms with E-state index in [2.05, 4.69) is 11.7 Å². The van der Waals surface area contributed by atoms with Crippen molar-refractivity contribution in [3.8, 4) is 23.1 Å². The van der Waals surface area contributed by atoms with E-state index in [1.807, 2.05) is 49.4 Å². The molecule has 214 valence electrons. The van der Waals surface area contributed by atoms with Gasteiger partial charge in [0, 0.05) is 10.9 Å². The molecule has 0 saturated carbocycles. The third kappa shape index (κ3) is 5.81. The number of rotatable bonds is 10. The molecule has 4 aromatic carbocycles. The van der Waals surface area contributed by atoms with Gasteiger partial charge in [0.25, 0.3) is 5.56 Å². The summed E-state index contributed by atoms with van der Waals surface area (Å²) in [7, 11) is 0. The highest BCUT2D eigenvalue weighted by Crippen LogP contribution is 2.34. The Morgan fingerprint density at radius 2 is 1.79 bits per heavy atom. The topological polar surface area (TPSA) is 78.9 Å². The number of ether oxygens (including phenoxy) is 2. The molecular weight excluding hydrogens is 545 g/mol. The summed E-state index contributed by atoms with van der Waals surface area (Å²) in [6.45, 7) is 6.42. The largest absolute Gasteiger partial charge is 0.490 e. The normalized spacial score (nSPS) is 11.4. The smallest absolute Gasteiger partial charge is 0.282 e. The minimum Gasteiger partial charge on any atom is -0.490 e. The molecule has 2 heterocycles. The van der Waals surface area contributed by atoms with Gasteiger partial charge in [0.1, 0.15) is 18.0 Å². The van der Waals surface area contributed by atoms with Crippen LogP contribution in [-0.4, -0.2) is 22.5 Å². The molecule has 0 radical (unpaired) electrons. The SMILES string of the molecule is C=CCc1cc(C=Nn2c(-c3cc4ccccc4o3)nc3ccccc3c2=O)cc(OCC)c1OCc1ccc(F)cc1. The molecule has 0 aliphatic rings. The highest BCUT2D eigenvalue weighted by molar-refractivity contribution is 5.85. The lowest BCUT2D eigenvalue weighted by atomic mass is 10.1. The maximum Gasteiger partial charge on any atom is 0.282 e. The van der Waals surface area contributed by atoms with Crippen LogP contribution in [0.25, 0.3) is 33.5 Å². The molecule has 0 amide bonds. The molecule has 0 bridgehead atoms. The number of nitrogens with zero attached hydrogens (tertiary/aromatic N) is 3. The highest BCUT2D eigenvalue weighted by Gasteiger charge is 2.17. The van der Waals surface area contributed by atoms with Gasteiger partial charge in [-0.3, -0.25) is 4.79 Å². The second kappa shape index (κ2) is 12.2. The maximum atomic E-state index is 13.7. The molecule has 0 fully saturated rings. The van der Waals surface area contributed by atoms with E-state index in [1.165, 1.54) is 16.8 Å². The Morgan fingerprint density at radius 1 is 1.00 bits per heavy atom.